The number of carbonyl (C=O) groups excluding carboxylic acids is 2. The average molecular weight is 507 g/mol. The van der Waals surface area contributed by atoms with Gasteiger partial charge in [-0.05, 0) is 47.9 Å². The standard InChI is InChI=1S/C26H22N2O5S2/c1-33-26(30)24-23(21-8-4-5-9-22(21)34-24)27-25(29)18-10-12-20(13-11-18)35(31,32)28-15-14-17-6-2-3-7-19(17)16-28/h2-13H,14-16H2,1H3,(H,27,29). The van der Waals surface area contributed by atoms with Crippen LogP contribution in [-0.4, -0.2) is 38.3 Å². The van der Waals surface area contributed by atoms with Crippen LogP contribution in [0.3, 0.4) is 0 Å². The number of anilines is 1. The van der Waals surface area contributed by atoms with Crippen LogP contribution < -0.4 is 5.32 Å². The predicted molar refractivity (Wildman–Crippen MR) is 135 cm³/mol. The van der Waals surface area contributed by atoms with E-state index in [0.29, 0.717) is 30.1 Å². The minimum absolute atomic E-state index is 0.129. The summed E-state index contributed by atoms with van der Waals surface area (Å²) in [6.07, 6.45) is 0.660. The van der Waals surface area contributed by atoms with Crippen molar-refractivity contribution < 1.29 is 22.7 Å². The molecule has 0 fully saturated rings. The lowest BCUT2D eigenvalue weighted by Crippen LogP contribution is -2.35. The molecule has 3 aromatic carbocycles. The maximum Gasteiger partial charge on any atom is 0.350 e. The summed E-state index contributed by atoms with van der Waals surface area (Å²) in [5, 5.41) is 3.54. The topological polar surface area (TPSA) is 92.8 Å². The van der Waals surface area contributed by atoms with E-state index in [1.807, 2.05) is 48.5 Å². The zero-order valence-electron chi connectivity index (χ0n) is 18.9. The second-order valence-corrected chi connectivity index (χ2v) is 11.1. The van der Waals surface area contributed by atoms with Gasteiger partial charge in [-0.25, -0.2) is 13.2 Å². The maximum absolute atomic E-state index is 13.2. The van der Waals surface area contributed by atoms with Gasteiger partial charge in [0.05, 0.1) is 17.7 Å². The molecule has 2 heterocycles. The van der Waals surface area contributed by atoms with Crippen molar-refractivity contribution >= 4 is 49.0 Å². The van der Waals surface area contributed by atoms with E-state index in [0.717, 1.165) is 15.6 Å². The fourth-order valence-electron chi connectivity index (χ4n) is 4.19. The number of methoxy groups -OCH3 is 1. The van der Waals surface area contributed by atoms with Crippen molar-refractivity contribution in [3.8, 4) is 0 Å². The molecule has 0 aliphatic carbocycles. The van der Waals surface area contributed by atoms with Crippen LogP contribution in [0.2, 0.25) is 0 Å². The summed E-state index contributed by atoms with van der Waals surface area (Å²) in [4.78, 5) is 25.7. The zero-order chi connectivity index (χ0) is 24.6. The summed E-state index contributed by atoms with van der Waals surface area (Å²) >= 11 is 1.24. The molecule has 0 unspecified atom stereocenters. The Labute approximate surface area is 207 Å². The SMILES string of the molecule is COC(=O)c1sc2ccccc2c1NC(=O)c1ccc(S(=O)(=O)N2CCc3ccccc3C2)cc1. The summed E-state index contributed by atoms with van der Waals surface area (Å²) in [7, 11) is -2.42. The molecule has 7 nitrogen and oxygen atoms in total. The van der Waals surface area contributed by atoms with Crippen LogP contribution in [0, 0.1) is 0 Å². The molecule has 1 N–H and O–H groups in total. The molecule has 0 spiro atoms. The number of rotatable bonds is 5. The number of nitrogens with zero attached hydrogens (tertiary/aromatic N) is 1. The Hall–Kier alpha value is -3.53. The van der Waals surface area contributed by atoms with Crippen LogP contribution in [0.15, 0.2) is 77.7 Å². The van der Waals surface area contributed by atoms with Gasteiger partial charge in [-0.1, -0.05) is 42.5 Å². The van der Waals surface area contributed by atoms with E-state index in [-0.39, 0.29) is 10.5 Å². The number of thiophene rings is 1. The van der Waals surface area contributed by atoms with E-state index in [1.54, 1.807) is 0 Å². The molecule has 0 bridgehead atoms. The first kappa shape index (κ1) is 23.2. The largest absolute Gasteiger partial charge is 0.465 e. The van der Waals surface area contributed by atoms with E-state index < -0.39 is 21.9 Å². The normalized spacial score (nSPS) is 13.9. The molecule has 1 aromatic heterocycles. The van der Waals surface area contributed by atoms with Crippen molar-refractivity contribution in [3.05, 3.63) is 94.4 Å². The molecule has 0 saturated heterocycles. The summed E-state index contributed by atoms with van der Waals surface area (Å²) < 4.78 is 33.6. The van der Waals surface area contributed by atoms with Crippen LogP contribution in [0.1, 0.15) is 31.2 Å². The smallest absolute Gasteiger partial charge is 0.350 e. The number of ether oxygens (including phenoxy) is 1. The van der Waals surface area contributed by atoms with Crippen LogP contribution in [0.5, 0.6) is 0 Å². The van der Waals surface area contributed by atoms with Gasteiger partial charge in [0.15, 0.2) is 0 Å². The average Bonchev–Trinajstić information content (AvgIpc) is 3.26. The molecule has 9 heteroatoms. The van der Waals surface area contributed by atoms with E-state index in [2.05, 4.69) is 5.32 Å². The van der Waals surface area contributed by atoms with Crippen LogP contribution >= 0.6 is 11.3 Å². The Morgan fingerprint density at radius 3 is 2.37 bits per heavy atom. The minimum Gasteiger partial charge on any atom is -0.465 e. The van der Waals surface area contributed by atoms with Gasteiger partial charge in [0.2, 0.25) is 10.0 Å². The van der Waals surface area contributed by atoms with Crippen molar-refractivity contribution in [2.45, 2.75) is 17.9 Å². The molecule has 4 aromatic rings. The van der Waals surface area contributed by atoms with E-state index in [9.17, 15) is 18.0 Å². The van der Waals surface area contributed by atoms with Gasteiger partial charge in [0.1, 0.15) is 4.88 Å². The fourth-order valence-corrected chi connectivity index (χ4v) is 6.69. The Bertz CT molecular complexity index is 1540. The van der Waals surface area contributed by atoms with Crippen molar-refractivity contribution in [1.82, 2.24) is 4.31 Å². The molecular formula is C26H22N2O5S2. The zero-order valence-corrected chi connectivity index (χ0v) is 20.5. The Morgan fingerprint density at radius 1 is 0.943 bits per heavy atom. The number of fused-ring (bicyclic) bond motifs is 2. The first-order valence-corrected chi connectivity index (χ1v) is 13.2. The van der Waals surface area contributed by atoms with Crippen molar-refractivity contribution in [1.29, 1.82) is 0 Å². The molecular weight excluding hydrogens is 484 g/mol. The predicted octanol–water partition coefficient (Wildman–Crippen LogP) is 4.69. The van der Waals surface area contributed by atoms with E-state index in [4.69, 9.17) is 4.74 Å². The second-order valence-electron chi connectivity index (χ2n) is 8.13. The summed E-state index contributed by atoms with van der Waals surface area (Å²) in [6, 6.07) is 21.0. The number of amides is 1. The molecule has 1 amide bonds. The lowest BCUT2D eigenvalue weighted by atomic mass is 10.0. The van der Waals surface area contributed by atoms with Gasteiger partial charge in [0.25, 0.3) is 5.91 Å². The van der Waals surface area contributed by atoms with Gasteiger partial charge < -0.3 is 10.1 Å². The first-order valence-electron chi connectivity index (χ1n) is 11.0. The lowest BCUT2D eigenvalue weighted by Gasteiger charge is -2.28. The van der Waals surface area contributed by atoms with Crippen molar-refractivity contribution in [3.63, 3.8) is 0 Å². The lowest BCUT2D eigenvalue weighted by molar-refractivity contribution is 0.0607. The Kier molecular flexibility index (Phi) is 6.14. The van der Waals surface area contributed by atoms with Crippen molar-refractivity contribution in [2.24, 2.45) is 0 Å². The van der Waals surface area contributed by atoms with Gasteiger partial charge in [-0.3, -0.25) is 4.79 Å². The highest BCUT2D eigenvalue weighted by Crippen LogP contribution is 2.36. The molecule has 1 aliphatic heterocycles. The molecule has 5 rings (SSSR count). The molecule has 0 atom stereocenters. The number of benzene rings is 3. The van der Waals surface area contributed by atoms with Crippen LogP contribution in [-0.2, 0) is 27.7 Å². The minimum atomic E-state index is -3.71. The highest BCUT2D eigenvalue weighted by Gasteiger charge is 2.28. The first-order chi connectivity index (χ1) is 16.9. The molecule has 178 valence electrons. The number of sulfonamides is 1. The Morgan fingerprint density at radius 2 is 1.63 bits per heavy atom. The monoisotopic (exact) mass is 506 g/mol. The number of hydrogen-bond acceptors (Lipinski definition) is 6. The number of nitrogens with one attached hydrogen (secondary N) is 1. The second kappa shape index (κ2) is 9.26. The summed E-state index contributed by atoms with van der Waals surface area (Å²) in [6.45, 7) is 0.728. The summed E-state index contributed by atoms with van der Waals surface area (Å²) in [5.41, 5.74) is 2.83. The fraction of sp³-hybridized carbons (Fsp3) is 0.154. The maximum atomic E-state index is 13.2. The quantitative estimate of drug-likeness (QED) is 0.397. The third-order valence-electron chi connectivity index (χ3n) is 6.05. The summed E-state index contributed by atoms with van der Waals surface area (Å²) in [5.74, 6) is -0.986. The number of carbonyl (C=O) groups is 2. The van der Waals surface area contributed by atoms with Crippen molar-refractivity contribution in [2.75, 3.05) is 19.0 Å². The van der Waals surface area contributed by atoms with Crippen LogP contribution in [0.25, 0.3) is 10.1 Å². The van der Waals surface area contributed by atoms with Gasteiger partial charge in [0, 0.05) is 28.7 Å². The molecule has 1 aliphatic rings. The third-order valence-corrected chi connectivity index (χ3v) is 9.06. The van der Waals surface area contributed by atoms with Crippen LogP contribution in [0.4, 0.5) is 5.69 Å². The molecule has 35 heavy (non-hydrogen) atoms. The highest BCUT2D eigenvalue weighted by molar-refractivity contribution is 7.89. The van der Waals surface area contributed by atoms with Gasteiger partial charge in [-0.15, -0.1) is 11.3 Å². The Balaban J connectivity index is 1.38. The van der Waals surface area contributed by atoms with E-state index in [1.165, 1.54) is 52.6 Å². The number of hydrogen-bond donors (Lipinski definition) is 1. The van der Waals surface area contributed by atoms with E-state index >= 15 is 0 Å². The number of esters is 1. The van der Waals surface area contributed by atoms with Gasteiger partial charge >= 0.3 is 5.97 Å². The molecule has 0 saturated carbocycles. The highest BCUT2D eigenvalue weighted by atomic mass is 32.2. The van der Waals surface area contributed by atoms with Gasteiger partial charge in [-0.2, -0.15) is 4.31 Å². The third kappa shape index (κ3) is 4.34. The molecule has 0 radical (unpaired) electrons.